The maximum Gasteiger partial charge on any atom is 0.252 e. The Morgan fingerprint density at radius 1 is 1.27 bits per heavy atom. The highest BCUT2D eigenvalue weighted by Gasteiger charge is 2.30. The lowest BCUT2D eigenvalue weighted by atomic mass is 9.98. The van der Waals surface area contributed by atoms with Gasteiger partial charge >= 0.3 is 0 Å². The molecule has 1 saturated heterocycles. The van der Waals surface area contributed by atoms with Crippen LogP contribution < -0.4 is 4.74 Å². The van der Waals surface area contributed by atoms with E-state index in [1.165, 1.54) is 6.33 Å². The van der Waals surface area contributed by atoms with Gasteiger partial charge in [-0.25, -0.2) is 4.98 Å². The van der Waals surface area contributed by atoms with E-state index in [4.69, 9.17) is 4.74 Å². The van der Waals surface area contributed by atoms with Crippen LogP contribution in [0.3, 0.4) is 0 Å². The SMILES string of the molecule is COc1cccc(CC(=O)N2CCCC[C@@H]2c2ccnc3ncnn23)c1. The predicted molar refractivity (Wildman–Crippen MR) is 95.8 cm³/mol. The summed E-state index contributed by atoms with van der Waals surface area (Å²) >= 11 is 0. The number of carbonyl (C=O) groups is 1. The summed E-state index contributed by atoms with van der Waals surface area (Å²) in [5.74, 6) is 1.45. The molecule has 1 amide bonds. The summed E-state index contributed by atoms with van der Waals surface area (Å²) in [7, 11) is 1.63. The van der Waals surface area contributed by atoms with Gasteiger partial charge < -0.3 is 9.64 Å². The number of likely N-dealkylation sites (tertiary alicyclic amines) is 1. The van der Waals surface area contributed by atoms with Crippen LogP contribution in [-0.2, 0) is 11.2 Å². The van der Waals surface area contributed by atoms with Crippen LogP contribution in [-0.4, -0.2) is 44.0 Å². The van der Waals surface area contributed by atoms with Gasteiger partial charge in [-0.1, -0.05) is 12.1 Å². The van der Waals surface area contributed by atoms with E-state index in [2.05, 4.69) is 15.1 Å². The molecule has 0 saturated carbocycles. The highest BCUT2D eigenvalue weighted by Crippen LogP contribution is 2.31. The van der Waals surface area contributed by atoms with Gasteiger partial charge in [0, 0.05) is 12.7 Å². The predicted octanol–water partition coefficient (Wildman–Crippen LogP) is 2.43. The molecule has 0 N–H and O–H groups in total. The fraction of sp³-hybridized carbons (Fsp3) is 0.368. The zero-order valence-electron chi connectivity index (χ0n) is 14.7. The third-order valence-corrected chi connectivity index (χ3v) is 4.86. The Morgan fingerprint density at radius 2 is 2.19 bits per heavy atom. The van der Waals surface area contributed by atoms with Crippen molar-refractivity contribution in [1.82, 2.24) is 24.5 Å². The van der Waals surface area contributed by atoms with Crippen LogP contribution in [0.1, 0.15) is 36.6 Å². The van der Waals surface area contributed by atoms with Crippen molar-refractivity contribution in [2.75, 3.05) is 13.7 Å². The molecular formula is C19H21N5O2. The van der Waals surface area contributed by atoms with Crippen LogP contribution in [0.25, 0.3) is 5.78 Å². The van der Waals surface area contributed by atoms with Crippen LogP contribution in [0.2, 0.25) is 0 Å². The Morgan fingerprint density at radius 3 is 3.08 bits per heavy atom. The van der Waals surface area contributed by atoms with Crippen LogP contribution in [0, 0.1) is 0 Å². The monoisotopic (exact) mass is 351 g/mol. The van der Waals surface area contributed by atoms with Crippen molar-refractivity contribution >= 4 is 11.7 Å². The lowest BCUT2D eigenvalue weighted by Crippen LogP contribution is -2.40. The third-order valence-electron chi connectivity index (χ3n) is 4.86. The number of benzene rings is 1. The van der Waals surface area contributed by atoms with E-state index in [0.717, 1.165) is 42.8 Å². The summed E-state index contributed by atoms with van der Waals surface area (Å²) in [5, 5.41) is 4.28. The van der Waals surface area contributed by atoms with E-state index in [0.29, 0.717) is 12.2 Å². The normalized spacial score (nSPS) is 17.4. The highest BCUT2D eigenvalue weighted by atomic mass is 16.5. The number of fused-ring (bicyclic) bond motifs is 1. The van der Waals surface area contributed by atoms with Gasteiger partial charge in [-0.05, 0) is 43.0 Å². The van der Waals surface area contributed by atoms with E-state index in [1.54, 1.807) is 17.8 Å². The van der Waals surface area contributed by atoms with E-state index >= 15 is 0 Å². The standard InChI is InChI=1S/C19H21N5O2/c1-26-15-6-4-5-14(11-15)12-18(25)23-10-3-2-7-16(23)17-8-9-20-19-21-13-22-24(17)19/h4-6,8-9,11,13,16H,2-3,7,10,12H2,1H3/t16-/m1/s1. The summed E-state index contributed by atoms with van der Waals surface area (Å²) in [4.78, 5) is 23.4. The minimum Gasteiger partial charge on any atom is -0.497 e. The fourth-order valence-electron chi connectivity index (χ4n) is 3.60. The maximum atomic E-state index is 13.0. The van der Waals surface area contributed by atoms with Crippen LogP contribution >= 0.6 is 0 Å². The van der Waals surface area contributed by atoms with Gasteiger partial charge in [-0.3, -0.25) is 4.79 Å². The number of aromatic nitrogens is 4. The Labute approximate surface area is 151 Å². The van der Waals surface area contributed by atoms with Crippen LogP contribution in [0.4, 0.5) is 0 Å². The molecule has 0 bridgehead atoms. The minimum absolute atomic E-state index is 0.00550. The van der Waals surface area contributed by atoms with Crippen molar-refractivity contribution in [3.05, 3.63) is 54.1 Å². The van der Waals surface area contributed by atoms with E-state index in [-0.39, 0.29) is 11.9 Å². The quantitative estimate of drug-likeness (QED) is 0.722. The summed E-state index contributed by atoms with van der Waals surface area (Å²) in [6.45, 7) is 0.756. The molecule has 7 nitrogen and oxygen atoms in total. The van der Waals surface area contributed by atoms with Crippen molar-refractivity contribution in [1.29, 1.82) is 0 Å². The van der Waals surface area contributed by atoms with Crippen molar-refractivity contribution in [2.45, 2.75) is 31.7 Å². The summed E-state index contributed by atoms with van der Waals surface area (Å²) in [5.41, 5.74) is 1.92. The molecule has 0 aliphatic carbocycles. The summed E-state index contributed by atoms with van der Waals surface area (Å²) < 4.78 is 7.00. The largest absolute Gasteiger partial charge is 0.497 e. The topological polar surface area (TPSA) is 72.6 Å². The molecule has 4 rings (SSSR count). The molecule has 1 fully saturated rings. The van der Waals surface area contributed by atoms with Gasteiger partial charge in [0.05, 0.1) is 25.3 Å². The Kier molecular flexibility index (Phi) is 4.51. The van der Waals surface area contributed by atoms with E-state index < -0.39 is 0 Å². The molecule has 3 aromatic rings. The molecule has 26 heavy (non-hydrogen) atoms. The number of hydrogen-bond acceptors (Lipinski definition) is 5. The van der Waals surface area contributed by atoms with Crippen LogP contribution in [0.15, 0.2) is 42.9 Å². The zero-order valence-corrected chi connectivity index (χ0v) is 14.7. The molecule has 1 aliphatic heterocycles. The first-order valence-electron chi connectivity index (χ1n) is 8.83. The van der Waals surface area contributed by atoms with E-state index in [1.807, 2.05) is 35.2 Å². The first-order valence-corrected chi connectivity index (χ1v) is 8.83. The van der Waals surface area contributed by atoms with Crippen molar-refractivity contribution < 1.29 is 9.53 Å². The Balaban J connectivity index is 1.61. The molecule has 0 unspecified atom stereocenters. The van der Waals surface area contributed by atoms with Crippen molar-refractivity contribution in [2.24, 2.45) is 0 Å². The molecular weight excluding hydrogens is 330 g/mol. The molecule has 1 atom stereocenters. The maximum absolute atomic E-state index is 13.0. The average molecular weight is 351 g/mol. The zero-order chi connectivity index (χ0) is 17.9. The molecule has 2 aromatic heterocycles. The molecule has 3 heterocycles. The summed E-state index contributed by atoms with van der Waals surface area (Å²) in [6.07, 6.45) is 6.62. The number of methoxy groups -OCH3 is 1. The lowest BCUT2D eigenvalue weighted by molar-refractivity contribution is -0.134. The number of amides is 1. The highest BCUT2D eigenvalue weighted by molar-refractivity contribution is 5.79. The minimum atomic E-state index is -0.00550. The van der Waals surface area contributed by atoms with Gasteiger partial charge in [0.15, 0.2) is 0 Å². The first kappa shape index (κ1) is 16.5. The molecule has 0 radical (unpaired) electrons. The van der Waals surface area contributed by atoms with Gasteiger partial charge in [-0.15, -0.1) is 0 Å². The van der Waals surface area contributed by atoms with Gasteiger partial charge in [0.25, 0.3) is 5.78 Å². The molecule has 7 heteroatoms. The molecule has 0 spiro atoms. The summed E-state index contributed by atoms with van der Waals surface area (Å²) in [6, 6.07) is 9.60. The van der Waals surface area contributed by atoms with Gasteiger partial charge in [-0.2, -0.15) is 14.6 Å². The number of ether oxygens (including phenoxy) is 1. The molecule has 1 aromatic carbocycles. The van der Waals surface area contributed by atoms with Crippen molar-refractivity contribution in [3.63, 3.8) is 0 Å². The number of piperidine rings is 1. The van der Waals surface area contributed by atoms with Crippen molar-refractivity contribution in [3.8, 4) is 5.75 Å². The number of rotatable bonds is 4. The number of nitrogens with zero attached hydrogens (tertiary/aromatic N) is 5. The second-order valence-electron chi connectivity index (χ2n) is 6.47. The van der Waals surface area contributed by atoms with Crippen LogP contribution in [0.5, 0.6) is 5.75 Å². The lowest BCUT2D eigenvalue weighted by Gasteiger charge is -2.36. The van der Waals surface area contributed by atoms with E-state index in [9.17, 15) is 4.79 Å². The Hall–Kier alpha value is -2.96. The fourth-order valence-corrected chi connectivity index (χ4v) is 3.60. The van der Waals surface area contributed by atoms with Gasteiger partial charge in [0.1, 0.15) is 12.1 Å². The number of hydrogen-bond donors (Lipinski definition) is 0. The second kappa shape index (κ2) is 7.11. The smallest absolute Gasteiger partial charge is 0.252 e. The second-order valence-corrected chi connectivity index (χ2v) is 6.47. The third kappa shape index (κ3) is 3.12. The Bertz CT molecular complexity index is 923. The first-order chi connectivity index (χ1) is 12.8. The van der Waals surface area contributed by atoms with Gasteiger partial charge in [0.2, 0.25) is 5.91 Å². The molecule has 1 aliphatic rings. The molecule has 134 valence electrons. The average Bonchev–Trinajstić information content (AvgIpc) is 3.17. The number of carbonyl (C=O) groups excluding carboxylic acids is 1.